The molecule has 0 N–H and O–H groups in total. The van der Waals surface area contributed by atoms with Gasteiger partial charge < -0.3 is 19.0 Å². The number of hydrogen-bond acceptors (Lipinski definition) is 6. The Morgan fingerprint density at radius 2 is 2.12 bits per heavy atom. The minimum absolute atomic E-state index is 0.128. The van der Waals surface area contributed by atoms with Crippen molar-refractivity contribution in [2.75, 3.05) is 37.7 Å². The zero-order valence-corrected chi connectivity index (χ0v) is 14.8. The van der Waals surface area contributed by atoms with E-state index in [0.717, 1.165) is 30.5 Å². The maximum atomic E-state index is 12.5. The molecular formula is C19H24N4O3. The van der Waals surface area contributed by atoms with Gasteiger partial charge in [-0.05, 0) is 31.0 Å². The third kappa shape index (κ3) is 3.88. The second kappa shape index (κ2) is 7.86. The molecule has 2 aliphatic heterocycles. The van der Waals surface area contributed by atoms with Crippen LogP contribution in [0, 0.1) is 0 Å². The average Bonchev–Trinajstić information content (AvgIpc) is 3.40. The topological polar surface area (TPSA) is 71.7 Å². The Balaban J connectivity index is 1.38. The second-order valence-electron chi connectivity index (χ2n) is 6.75. The highest BCUT2D eigenvalue weighted by molar-refractivity contribution is 5.76. The molecule has 7 nitrogen and oxygen atoms in total. The van der Waals surface area contributed by atoms with E-state index < -0.39 is 0 Å². The minimum atomic E-state index is -0.194. The Morgan fingerprint density at radius 1 is 1.23 bits per heavy atom. The van der Waals surface area contributed by atoms with Gasteiger partial charge in [0.1, 0.15) is 11.9 Å². The highest BCUT2D eigenvalue weighted by atomic mass is 16.5. The second-order valence-corrected chi connectivity index (χ2v) is 6.75. The van der Waals surface area contributed by atoms with Crippen LogP contribution in [0.5, 0.6) is 0 Å². The van der Waals surface area contributed by atoms with Gasteiger partial charge in [0.25, 0.3) is 0 Å². The zero-order chi connectivity index (χ0) is 17.8. The van der Waals surface area contributed by atoms with Crippen LogP contribution in [0.2, 0.25) is 0 Å². The first-order chi connectivity index (χ1) is 12.8. The van der Waals surface area contributed by atoms with Crippen LogP contribution < -0.4 is 4.90 Å². The highest BCUT2D eigenvalue weighted by Crippen LogP contribution is 2.23. The molecular weight excluding hydrogens is 332 g/mol. The number of amides is 1. The number of rotatable bonds is 5. The molecule has 0 saturated carbocycles. The molecule has 2 aromatic rings. The monoisotopic (exact) mass is 356 g/mol. The molecule has 4 rings (SSSR count). The number of aryl methyl sites for hydroxylation is 1. The van der Waals surface area contributed by atoms with E-state index in [4.69, 9.17) is 14.1 Å². The van der Waals surface area contributed by atoms with Gasteiger partial charge in [-0.2, -0.15) is 0 Å². The van der Waals surface area contributed by atoms with E-state index in [0.29, 0.717) is 32.5 Å². The van der Waals surface area contributed by atoms with E-state index in [1.165, 1.54) is 12.8 Å². The molecule has 0 bridgehead atoms. The first-order valence-corrected chi connectivity index (χ1v) is 9.29. The molecule has 26 heavy (non-hydrogen) atoms. The van der Waals surface area contributed by atoms with Crippen LogP contribution in [0.1, 0.15) is 36.8 Å². The lowest BCUT2D eigenvalue weighted by Gasteiger charge is -2.33. The van der Waals surface area contributed by atoms with Crippen LogP contribution in [0.3, 0.4) is 0 Å². The summed E-state index contributed by atoms with van der Waals surface area (Å²) in [4.78, 5) is 25.7. The van der Waals surface area contributed by atoms with Gasteiger partial charge in [0, 0.05) is 38.7 Å². The van der Waals surface area contributed by atoms with E-state index in [2.05, 4.69) is 9.88 Å². The van der Waals surface area contributed by atoms with E-state index in [1.807, 2.05) is 23.1 Å². The summed E-state index contributed by atoms with van der Waals surface area (Å²) in [6.45, 7) is 3.70. The molecule has 0 radical (unpaired) electrons. The molecule has 2 saturated heterocycles. The summed E-state index contributed by atoms with van der Waals surface area (Å²) in [6, 6.07) is 5.63. The van der Waals surface area contributed by atoms with Gasteiger partial charge in [-0.25, -0.2) is 9.97 Å². The van der Waals surface area contributed by atoms with Gasteiger partial charge in [-0.3, -0.25) is 4.79 Å². The number of furan rings is 1. The number of morpholine rings is 1. The summed E-state index contributed by atoms with van der Waals surface area (Å²) < 4.78 is 11.2. The quantitative estimate of drug-likeness (QED) is 0.818. The third-order valence-corrected chi connectivity index (χ3v) is 4.97. The summed E-state index contributed by atoms with van der Waals surface area (Å²) in [6.07, 6.45) is 6.68. The molecule has 1 atom stereocenters. The molecule has 7 heteroatoms. The maximum Gasteiger partial charge on any atom is 0.225 e. The van der Waals surface area contributed by atoms with Crippen molar-refractivity contribution in [3.63, 3.8) is 0 Å². The lowest BCUT2D eigenvalue weighted by molar-refractivity contribution is -0.139. The van der Waals surface area contributed by atoms with Crippen molar-refractivity contribution in [1.82, 2.24) is 14.9 Å². The lowest BCUT2D eigenvalue weighted by atomic mass is 10.1. The molecule has 0 aromatic carbocycles. The molecule has 2 aromatic heterocycles. The average molecular weight is 356 g/mol. The molecule has 4 heterocycles. The van der Waals surface area contributed by atoms with Crippen LogP contribution in [0.15, 0.2) is 35.1 Å². The molecule has 2 fully saturated rings. The molecule has 0 aliphatic carbocycles. The number of hydrogen-bond donors (Lipinski definition) is 0. The predicted molar refractivity (Wildman–Crippen MR) is 95.8 cm³/mol. The summed E-state index contributed by atoms with van der Waals surface area (Å²) in [5.41, 5.74) is 0.852. The Bertz CT molecular complexity index is 728. The Kier molecular flexibility index (Phi) is 5.15. The Hall–Kier alpha value is -2.41. The van der Waals surface area contributed by atoms with Gasteiger partial charge in [-0.15, -0.1) is 0 Å². The zero-order valence-electron chi connectivity index (χ0n) is 14.8. The van der Waals surface area contributed by atoms with Crippen LogP contribution in [0.4, 0.5) is 5.95 Å². The number of carbonyl (C=O) groups is 1. The fourth-order valence-electron chi connectivity index (χ4n) is 3.51. The smallest absolute Gasteiger partial charge is 0.225 e. The number of carbonyl (C=O) groups excluding carboxylic acids is 1. The van der Waals surface area contributed by atoms with Crippen molar-refractivity contribution in [3.8, 4) is 0 Å². The minimum Gasteiger partial charge on any atom is -0.469 e. The fourth-order valence-corrected chi connectivity index (χ4v) is 3.51. The number of aromatic nitrogens is 2. The van der Waals surface area contributed by atoms with Crippen LogP contribution in [0.25, 0.3) is 0 Å². The molecule has 1 amide bonds. The first kappa shape index (κ1) is 17.0. The van der Waals surface area contributed by atoms with Crippen LogP contribution in [-0.2, 0) is 16.0 Å². The van der Waals surface area contributed by atoms with Crippen LogP contribution >= 0.6 is 0 Å². The fraction of sp³-hybridized carbons (Fsp3) is 0.526. The predicted octanol–water partition coefficient (Wildman–Crippen LogP) is 2.20. The molecule has 138 valence electrons. The van der Waals surface area contributed by atoms with Gasteiger partial charge in [0.2, 0.25) is 11.9 Å². The third-order valence-electron chi connectivity index (χ3n) is 4.97. The van der Waals surface area contributed by atoms with Gasteiger partial charge in [-0.1, -0.05) is 0 Å². The van der Waals surface area contributed by atoms with Crippen molar-refractivity contribution < 1.29 is 13.9 Å². The van der Waals surface area contributed by atoms with E-state index in [9.17, 15) is 4.79 Å². The summed E-state index contributed by atoms with van der Waals surface area (Å²) in [5.74, 6) is 1.74. The van der Waals surface area contributed by atoms with E-state index in [1.54, 1.807) is 12.5 Å². The lowest BCUT2D eigenvalue weighted by Crippen LogP contribution is -2.42. The van der Waals surface area contributed by atoms with Gasteiger partial charge >= 0.3 is 0 Å². The van der Waals surface area contributed by atoms with Crippen LogP contribution in [-0.4, -0.2) is 53.6 Å². The normalized spacial score (nSPS) is 20.5. The Labute approximate surface area is 153 Å². The van der Waals surface area contributed by atoms with E-state index >= 15 is 0 Å². The van der Waals surface area contributed by atoms with Crippen molar-refractivity contribution in [2.24, 2.45) is 0 Å². The molecule has 0 spiro atoms. The molecule has 2 aliphatic rings. The SMILES string of the molecule is O=C(CCc1ccco1)N1CCO[C@H](c2ccnc(N3CCCC3)n2)C1. The largest absolute Gasteiger partial charge is 0.469 e. The van der Waals surface area contributed by atoms with Crippen molar-refractivity contribution >= 4 is 11.9 Å². The number of ether oxygens (including phenoxy) is 1. The van der Waals surface area contributed by atoms with Crippen molar-refractivity contribution in [1.29, 1.82) is 0 Å². The van der Waals surface area contributed by atoms with Gasteiger partial charge in [0.15, 0.2) is 0 Å². The summed E-state index contributed by atoms with van der Waals surface area (Å²) >= 11 is 0. The van der Waals surface area contributed by atoms with Crippen molar-refractivity contribution in [3.05, 3.63) is 42.1 Å². The standard InChI is InChI=1S/C19H24N4O3/c24-18(6-5-15-4-3-12-25-15)23-11-13-26-17(14-23)16-7-8-20-19(21-16)22-9-1-2-10-22/h3-4,7-8,12,17H,1-2,5-6,9-11,13-14H2/t17-/m0/s1. The Morgan fingerprint density at radius 3 is 2.92 bits per heavy atom. The number of nitrogens with zero attached hydrogens (tertiary/aromatic N) is 4. The van der Waals surface area contributed by atoms with E-state index in [-0.39, 0.29) is 12.0 Å². The highest BCUT2D eigenvalue weighted by Gasteiger charge is 2.27. The first-order valence-electron chi connectivity index (χ1n) is 9.29. The summed E-state index contributed by atoms with van der Waals surface area (Å²) in [7, 11) is 0. The van der Waals surface area contributed by atoms with Gasteiger partial charge in [0.05, 0.1) is 25.1 Å². The molecule has 0 unspecified atom stereocenters. The van der Waals surface area contributed by atoms with Crippen molar-refractivity contribution in [2.45, 2.75) is 31.8 Å². The number of anilines is 1. The summed E-state index contributed by atoms with van der Waals surface area (Å²) in [5, 5.41) is 0. The maximum absolute atomic E-state index is 12.5.